The van der Waals surface area contributed by atoms with E-state index in [0.717, 1.165) is 27.1 Å². The molecular weight excluding hydrogens is 753 g/mol. The molecule has 282 valence electrons. The van der Waals surface area contributed by atoms with Gasteiger partial charge in [0.1, 0.15) is 16.9 Å². The van der Waals surface area contributed by atoms with E-state index in [9.17, 15) is 9.59 Å². The molecular formula is C44H52O4S5. The summed E-state index contributed by atoms with van der Waals surface area (Å²) >= 11 is 9.32. The van der Waals surface area contributed by atoms with Gasteiger partial charge in [0.05, 0.1) is 4.88 Å². The Labute approximate surface area is 334 Å². The van der Waals surface area contributed by atoms with E-state index in [1.165, 1.54) is 137 Å². The fraction of sp³-hybridized carbons (Fsp3) is 0.500. The molecule has 7 rings (SSSR count). The van der Waals surface area contributed by atoms with Crippen LogP contribution in [0.15, 0.2) is 41.2 Å². The van der Waals surface area contributed by atoms with Crippen LogP contribution in [0, 0.1) is 6.92 Å². The molecule has 9 heteroatoms. The zero-order valence-corrected chi connectivity index (χ0v) is 35.8. The maximum absolute atomic E-state index is 12.6. The van der Waals surface area contributed by atoms with Crippen LogP contribution in [0.3, 0.4) is 0 Å². The summed E-state index contributed by atoms with van der Waals surface area (Å²) in [4.78, 5) is 33.1. The molecule has 0 unspecified atom stereocenters. The van der Waals surface area contributed by atoms with Crippen molar-refractivity contribution in [2.75, 3.05) is 0 Å². The number of hydrogen-bond donors (Lipinski definition) is 0. The minimum atomic E-state index is -0.500. The number of allylic oxidation sites excluding steroid dienone is 1. The molecule has 0 saturated carbocycles. The molecule has 0 amide bonds. The molecule has 0 bridgehead atoms. The number of fused-ring (bicyclic) bond motifs is 3. The first-order valence-corrected chi connectivity index (χ1v) is 24.0. The number of cyclic esters (lactones) is 2. The Morgan fingerprint density at radius 2 is 0.906 bits per heavy atom. The monoisotopic (exact) mass is 804 g/mol. The molecule has 4 nitrogen and oxygen atoms in total. The molecule has 0 atom stereocenters. The van der Waals surface area contributed by atoms with Crippen LogP contribution in [-0.2, 0) is 31.9 Å². The van der Waals surface area contributed by atoms with Gasteiger partial charge in [0, 0.05) is 43.2 Å². The van der Waals surface area contributed by atoms with Crippen molar-refractivity contribution in [3.05, 3.63) is 62.1 Å². The van der Waals surface area contributed by atoms with Gasteiger partial charge in [-0.25, -0.2) is 9.59 Å². The van der Waals surface area contributed by atoms with E-state index in [2.05, 4.69) is 45.0 Å². The lowest BCUT2D eigenvalue weighted by molar-refractivity contribution is -0.133. The number of carbonyl (C=O) groups excluding carboxylic acids is 2. The zero-order valence-electron chi connectivity index (χ0n) is 31.7. The van der Waals surface area contributed by atoms with Crippen LogP contribution in [0.4, 0.5) is 0 Å². The second kappa shape index (κ2) is 17.9. The van der Waals surface area contributed by atoms with Crippen LogP contribution < -0.4 is 0 Å². The Balaban J connectivity index is 1.19. The lowest BCUT2D eigenvalue weighted by atomic mass is 9.95. The lowest BCUT2D eigenvalue weighted by Crippen LogP contribution is -1.98. The SMILES string of the molecule is CCCCCCCCCCc1c(-c2cc3sc(C)cc3s2)sc(-c2cc3sc(C4=C5C(=O)OC(C)=C5C(=O)O4)cc3s2)c1CCCCCCCCCC. The van der Waals surface area contributed by atoms with Crippen molar-refractivity contribution in [2.45, 2.75) is 143 Å². The predicted molar refractivity (Wildman–Crippen MR) is 231 cm³/mol. The summed E-state index contributed by atoms with van der Waals surface area (Å²) in [5.41, 5.74) is 3.72. The molecule has 0 spiro atoms. The third kappa shape index (κ3) is 8.65. The third-order valence-corrected chi connectivity index (χ3v) is 16.7. The summed E-state index contributed by atoms with van der Waals surface area (Å²) in [6, 6.07) is 9.25. The van der Waals surface area contributed by atoms with Crippen LogP contribution >= 0.6 is 56.7 Å². The minimum Gasteiger partial charge on any atom is -0.427 e. The smallest absolute Gasteiger partial charge is 0.348 e. The van der Waals surface area contributed by atoms with Crippen LogP contribution in [-0.4, -0.2) is 11.9 Å². The van der Waals surface area contributed by atoms with Gasteiger partial charge in [0.15, 0.2) is 5.76 Å². The standard InChI is InChI=1S/C44H52O4S5/c1-5-7-9-11-13-15-17-19-21-29-30(22-20-18-16-14-12-10-8-6-2)42(53-41(29)36-25-32-31(51-36)23-27(3)49-32)37-26-34-33(52-37)24-35(50-34)40-39-38(43(45)48-40)28(4)47-44(39)46/h23-26H,5-22H2,1-4H3. The second-order valence-corrected chi connectivity index (χ2v) is 20.3. The highest BCUT2D eigenvalue weighted by molar-refractivity contribution is 7.34. The molecule has 7 heterocycles. The first-order valence-electron chi connectivity index (χ1n) is 19.9. The normalized spacial score (nSPS) is 14.5. The Kier molecular flexibility index (Phi) is 13.1. The van der Waals surface area contributed by atoms with E-state index in [1.807, 2.05) is 45.3 Å². The minimum absolute atomic E-state index is 0.270. The Morgan fingerprint density at radius 3 is 1.43 bits per heavy atom. The van der Waals surface area contributed by atoms with Crippen molar-refractivity contribution in [3.63, 3.8) is 0 Å². The highest BCUT2D eigenvalue weighted by Gasteiger charge is 2.44. The quantitative estimate of drug-likeness (QED) is 0.0548. The summed E-state index contributed by atoms with van der Waals surface area (Å²) in [6.45, 7) is 8.45. The van der Waals surface area contributed by atoms with Crippen molar-refractivity contribution >= 4 is 93.2 Å². The summed E-state index contributed by atoms with van der Waals surface area (Å²) in [5.74, 6) is -0.330. The Morgan fingerprint density at radius 1 is 0.472 bits per heavy atom. The fourth-order valence-corrected chi connectivity index (χ4v) is 14.1. The van der Waals surface area contributed by atoms with Crippen molar-refractivity contribution in [3.8, 4) is 19.5 Å². The van der Waals surface area contributed by atoms with Gasteiger partial charge in [0.2, 0.25) is 0 Å². The van der Waals surface area contributed by atoms with Crippen LogP contribution in [0.1, 0.15) is 144 Å². The number of unbranched alkanes of at least 4 members (excludes halogenated alkanes) is 14. The first-order chi connectivity index (χ1) is 25.9. The summed E-state index contributed by atoms with van der Waals surface area (Å²) in [5, 5.41) is 0. The van der Waals surface area contributed by atoms with Gasteiger partial charge < -0.3 is 9.47 Å². The second-order valence-electron chi connectivity index (χ2n) is 14.7. The molecule has 0 aromatic carbocycles. The fourth-order valence-electron chi connectivity index (χ4n) is 7.76. The number of rotatable bonds is 21. The van der Waals surface area contributed by atoms with Crippen molar-refractivity contribution in [1.82, 2.24) is 0 Å². The molecule has 5 aromatic heterocycles. The van der Waals surface area contributed by atoms with Gasteiger partial charge in [-0.1, -0.05) is 104 Å². The topological polar surface area (TPSA) is 52.6 Å². The maximum atomic E-state index is 12.6. The Hall–Kier alpha value is -2.56. The van der Waals surface area contributed by atoms with Crippen molar-refractivity contribution < 1.29 is 19.1 Å². The predicted octanol–water partition coefficient (Wildman–Crippen LogP) is 15.4. The Bertz CT molecular complexity index is 2080. The lowest BCUT2D eigenvalue weighted by Gasteiger charge is -2.10. The molecule has 5 aromatic rings. The maximum Gasteiger partial charge on any atom is 0.348 e. The highest BCUT2D eigenvalue weighted by atomic mass is 32.1. The number of hydrogen-bond acceptors (Lipinski definition) is 9. The van der Waals surface area contributed by atoms with Gasteiger partial charge in [-0.3, -0.25) is 0 Å². The average Bonchev–Trinajstić information content (AvgIpc) is 3.98. The van der Waals surface area contributed by atoms with E-state index in [0.29, 0.717) is 11.5 Å². The summed E-state index contributed by atoms with van der Waals surface area (Å²) in [6.07, 6.45) is 23.5. The van der Waals surface area contributed by atoms with Gasteiger partial charge in [0.25, 0.3) is 0 Å². The summed E-state index contributed by atoms with van der Waals surface area (Å²) in [7, 11) is 0. The van der Waals surface area contributed by atoms with Crippen molar-refractivity contribution in [1.29, 1.82) is 0 Å². The van der Waals surface area contributed by atoms with E-state index >= 15 is 0 Å². The summed E-state index contributed by atoms with van der Waals surface area (Å²) < 4.78 is 16.1. The number of thiophene rings is 5. The average molecular weight is 805 g/mol. The van der Waals surface area contributed by atoms with Crippen LogP contribution in [0.5, 0.6) is 0 Å². The van der Waals surface area contributed by atoms with Crippen LogP contribution in [0.25, 0.3) is 44.1 Å². The molecule has 0 saturated heterocycles. The molecule has 2 aliphatic heterocycles. The first kappa shape index (κ1) is 38.7. The number of aryl methyl sites for hydroxylation is 1. The number of esters is 2. The molecule has 0 radical (unpaired) electrons. The molecule has 0 aliphatic carbocycles. The molecule has 0 N–H and O–H groups in total. The largest absolute Gasteiger partial charge is 0.427 e. The van der Waals surface area contributed by atoms with E-state index < -0.39 is 11.9 Å². The van der Waals surface area contributed by atoms with E-state index in [1.54, 1.807) is 29.4 Å². The van der Waals surface area contributed by atoms with Gasteiger partial charge >= 0.3 is 11.9 Å². The molecule has 2 aliphatic rings. The van der Waals surface area contributed by atoms with Gasteiger partial charge in [-0.15, -0.1) is 56.7 Å². The van der Waals surface area contributed by atoms with Gasteiger partial charge in [-0.2, -0.15) is 0 Å². The highest BCUT2D eigenvalue weighted by Crippen LogP contribution is 2.52. The molecule has 0 fully saturated rings. The third-order valence-electron chi connectivity index (χ3n) is 10.6. The number of carbonyl (C=O) groups is 2. The molecule has 53 heavy (non-hydrogen) atoms. The van der Waals surface area contributed by atoms with Gasteiger partial charge in [-0.05, 0) is 74.9 Å². The van der Waals surface area contributed by atoms with Crippen molar-refractivity contribution in [2.24, 2.45) is 0 Å². The zero-order chi connectivity index (χ0) is 36.9. The van der Waals surface area contributed by atoms with E-state index in [4.69, 9.17) is 9.47 Å². The number of ether oxygens (including phenoxy) is 2. The van der Waals surface area contributed by atoms with E-state index in [-0.39, 0.29) is 11.1 Å². The van der Waals surface area contributed by atoms with Crippen LogP contribution in [0.2, 0.25) is 0 Å².